The molecule has 9 heteroatoms. The van der Waals surface area contributed by atoms with Gasteiger partial charge in [-0.25, -0.2) is 8.78 Å². The number of hydrogen-bond acceptors (Lipinski definition) is 2. The summed E-state index contributed by atoms with van der Waals surface area (Å²) in [4.78, 5) is 0. The second-order valence-corrected chi connectivity index (χ2v) is 2.83. The summed E-state index contributed by atoms with van der Waals surface area (Å²) in [5.41, 5.74) is 0. The van der Waals surface area contributed by atoms with Crippen molar-refractivity contribution in [2.45, 2.75) is 11.7 Å². The van der Waals surface area contributed by atoms with E-state index in [2.05, 4.69) is 0 Å². The monoisotopic (exact) mass is 190 g/mol. The van der Waals surface area contributed by atoms with E-state index in [0.29, 0.717) is 0 Å². The molecule has 0 aliphatic rings. The predicted octanol–water partition coefficient (Wildman–Crippen LogP) is 0.0836. The zero-order valence-electron chi connectivity index (χ0n) is 4.26. The summed E-state index contributed by atoms with van der Waals surface area (Å²) < 4.78 is 71.3. The van der Waals surface area contributed by atoms with Crippen molar-refractivity contribution in [3.63, 3.8) is 0 Å². The van der Waals surface area contributed by atoms with E-state index in [1.807, 2.05) is 0 Å². The Kier molecular flexibility index (Phi) is 4.71. The molecule has 0 amide bonds. The molecule has 0 spiro atoms. The van der Waals surface area contributed by atoms with E-state index >= 15 is 0 Å². The molecule has 0 saturated heterocycles. The summed E-state index contributed by atoms with van der Waals surface area (Å²) in [6, 6.07) is 0. The minimum atomic E-state index is -5.98. The first-order valence-electron chi connectivity index (χ1n) is 1.82. The van der Waals surface area contributed by atoms with Crippen LogP contribution < -0.4 is 0 Å². The SMILES string of the molecule is O=S(=O)(O)C(F)(F)C(F)F.[LiH]. The zero-order chi connectivity index (χ0) is 8.58. The summed E-state index contributed by atoms with van der Waals surface area (Å²) in [5, 5.41) is -5.37. The molecule has 0 radical (unpaired) electrons. The summed E-state index contributed by atoms with van der Waals surface area (Å²) in [7, 11) is -5.98. The summed E-state index contributed by atoms with van der Waals surface area (Å²) >= 11 is 0. The van der Waals surface area contributed by atoms with Crippen molar-refractivity contribution in [3.05, 3.63) is 0 Å². The van der Waals surface area contributed by atoms with Crippen molar-refractivity contribution >= 4 is 29.0 Å². The first-order chi connectivity index (χ1) is 4.19. The van der Waals surface area contributed by atoms with Gasteiger partial charge in [-0.3, -0.25) is 4.55 Å². The molecule has 0 aromatic heterocycles. The fourth-order valence-electron chi connectivity index (χ4n) is 0.113. The van der Waals surface area contributed by atoms with Gasteiger partial charge in [-0.1, -0.05) is 0 Å². The van der Waals surface area contributed by atoms with Crippen LogP contribution >= 0.6 is 0 Å². The average molecular weight is 190 g/mol. The molecule has 64 valence electrons. The molecular weight excluding hydrogens is 187 g/mol. The minimum absolute atomic E-state index is 0. The molecule has 0 heterocycles. The number of rotatable bonds is 2. The van der Waals surface area contributed by atoms with Gasteiger partial charge in [0, 0.05) is 0 Å². The van der Waals surface area contributed by atoms with Crippen LogP contribution in [-0.4, -0.2) is 43.5 Å². The first-order valence-corrected chi connectivity index (χ1v) is 3.26. The van der Waals surface area contributed by atoms with Crippen LogP contribution in [0.1, 0.15) is 0 Å². The van der Waals surface area contributed by atoms with Crippen LogP contribution in [0.15, 0.2) is 0 Å². The quantitative estimate of drug-likeness (QED) is 0.381. The standard InChI is InChI=1S/C2H2F4O3S.Li.H/c3-1(4)2(5,6)10(7,8)9;;/h1H,(H,7,8,9);;. The van der Waals surface area contributed by atoms with E-state index in [1.165, 1.54) is 0 Å². The van der Waals surface area contributed by atoms with Crippen molar-refractivity contribution in [2.24, 2.45) is 0 Å². The number of alkyl halides is 4. The molecule has 0 atom stereocenters. The molecule has 0 fully saturated rings. The Hall–Kier alpha value is 0.227. The van der Waals surface area contributed by atoms with Crippen LogP contribution in [0.25, 0.3) is 0 Å². The van der Waals surface area contributed by atoms with Crippen LogP contribution in [0.2, 0.25) is 0 Å². The van der Waals surface area contributed by atoms with Gasteiger partial charge < -0.3 is 0 Å². The zero-order valence-corrected chi connectivity index (χ0v) is 5.08. The molecule has 0 saturated carbocycles. The van der Waals surface area contributed by atoms with E-state index in [1.54, 1.807) is 0 Å². The normalized spacial score (nSPS) is 12.9. The van der Waals surface area contributed by atoms with Gasteiger partial charge in [0.15, 0.2) is 0 Å². The molecule has 0 aromatic rings. The van der Waals surface area contributed by atoms with E-state index in [4.69, 9.17) is 4.55 Å². The molecule has 1 N–H and O–H groups in total. The fourth-order valence-corrected chi connectivity index (χ4v) is 0.338. The first kappa shape index (κ1) is 13.8. The molecule has 0 aliphatic heterocycles. The van der Waals surface area contributed by atoms with Gasteiger partial charge in [0.25, 0.3) is 0 Å². The molecule has 11 heavy (non-hydrogen) atoms. The van der Waals surface area contributed by atoms with Crippen molar-refractivity contribution < 1.29 is 30.5 Å². The van der Waals surface area contributed by atoms with Crippen molar-refractivity contribution in [1.82, 2.24) is 0 Å². The van der Waals surface area contributed by atoms with Crippen LogP contribution in [-0.2, 0) is 10.1 Å². The molecular formula is C2H3F4LiO3S. The maximum atomic E-state index is 11.5. The second-order valence-electron chi connectivity index (χ2n) is 1.34. The number of halogens is 4. The maximum absolute atomic E-state index is 11.5. The van der Waals surface area contributed by atoms with Crippen LogP contribution in [0, 0.1) is 0 Å². The Labute approximate surface area is 71.7 Å². The third kappa shape index (κ3) is 2.99. The van der Waals surface area contributed by atoms with Gasteiger partial charge in [-0.05, 0) is 0 Å². The van der Waals surface area contributed by atoms with Gasteiger partial charge in [-0.2, -0.15) is 17.2 Å². The van der Waals surface area contributed by atoms with Gasteiger partial charge in [0.05, 0.1) is 0 Å². The second kappa shape index (κ2) is 3.76. The topological polar surface area (TPSA) is 54.4 Å². The molecule has 0 rings (SSSR count). The van der Waals surface area contributed by atoms with Gasteiger partial charge >= 0.3 is 40.7 Å². The van der Waals surface area contributed by atoms with Crippen molar-refractivity contribution in [1.29, 1.82) is 0 Å². The molecule has 0 bridgehead atoms. The van der Waals surface area contributed by atoms with Crippen molar-refractivity contribution in [2.75, 3.05) is 0 Å². The Balaban J connectivity index is 0. The molecule has 3 nitrogen and oxygen atoms in total. The third-order valence-electron chi connectivity index (χ3n) is 0.598. The number of hydrogen-bond donors (Lipinski definition) is 1. The van der Waals surface area contributed by atoms with Gasteiger partial charge in [0.2, 0.25) is 0 Å². The van der Waals surface area contributed by atoms with E-state index in [9.17, 15) is 26.0 Å². The van der Waals surface area contributed by atoms with E-state index < -0.39 is 21.8 Å². The Bertz CT molecular complexity index is 211. The average Bonchev–Trinajstić information content (AvgIpc) is 1.62. The predicted molar refractivity (Wildman–Crippen MR) is 29.6 cm³/mol. The molecule has 0 aliphatic carbocycles. The van der Waals surface area contributed by atoms with Gasteiger partial charge in [0.1, 0.15) is 0 Å². The van der Waals surface area contributed by atoms with Crippen LogP contribution in [0.4, 0.5) is 17.6 Å². The van der Waals surface area contributed by atoms with Crippen LogP contribution in [0.5, 0.6) is 0 Å². The van der Waals surface area contributed by atoms with Crippen LogP contribution in [0.3, 0.4) is 0 Å². The van der Waals surface area contributed by atoms with E-state index in [-0.39, 0.29) is 18.9 Å². The Morgan fingerprint density at radius 2 is 1.55 bits per heavy atom. The summed E-state index contributed by atoms with van der Waals surface area (Å²) in [6.45, 7) is 0. The Morgan fingerprint density at radius 1 is 1.27 bits per heavy atom. The van der Waals surface area contributed by atoms with Crippen molar-refractivity contribution in [3.8, 4) is 0 Å². The summed E-state index contributed by atoms with van der Waals surface area (Å²) in [6.07, 6.45) is -4.41. The fraction of sp³-hybridized carbons (Fsp3) is 1.00. The third-order valence-corrected chi connectivity index (χ3v) is 1.46. The molecule has 0 unspecified atom stereocenters. The Morgan fingerprint density at radius 3 is 1.55 bits per heavy atom. The summed E-state index contributed by atoms with van der Waals surface area (Å²) in [5.74, 6) is 0. The van der Waals surface area contributed by atoms with E-state index in [0.717, 1.165) is 0 Å². The molecule has 0 aromatic carbocycles. The van der Waals surface area contributed by atoms with Gasteiger partial charge in [-0.15, -0.1) is 0 Å².